The van der Waals surface area contributed by atoms with Gasteiger partial charge >= 0.3 is 0 Å². The number of para-hydroxylation sites is 1. The normalized spacial score (nSPS) is 16.9. The number of hydrogen-bond acceptors (Lipinski definition) is 1. The lowest BCUT2D eigenvalue weighted by Gasteiger charge is -2.27. The molecule has 0 fully saturated rings. The summed E-state index contributed by atoms with van der Waals surface area (Å²) in [5.41, 5.74) is 5.13. The van der Waals surface area contributed by atoms with E-state index in [1.807, 2.05) is 0 Å². The minimum atomic E-state index is 0.927. The van der Waals surface area contributed by atoms with Crippen molar-refractivity contribution < 1.29 is 0 Å². The zero-order chi connectivity index (χ0) is 11.2. The Balaban J connectivity index is 1.99. The molecule has 4 rings (SSSR count). The Morgan fingerprint density at radius 2 is 2.06 bits per heavy atom. The van der Waals surface area contributed by atoms with Crippen molar-refractivity contribution in [1.29, 1.82) is 0 Å². The van der Waals surface area contributed by atoms with Crippen LogP contribution >= 0.6 is 0 Å². The molecule has 2 nitrogen and oxygen atoms in total. The summed E-state index contributed by atoms with van der Waals surface area (Å²) in [4.78, 5) is 5.77. The fourth-order valence-corrected chi connectivity index (χ4v) is 2.59. The first-order valence-electron chi connectivity index (χ1n) is 5.84. The number of hydrogen-bond donors (Lipinski definition) is 1. The van der Waals surface area contributed by atoms with Crippen molar-refractivity contribution in [1.82, 2.24) is 9.88 Å². The average molecular weight is 220 g/mol. The third-order valence-corrected chi connectivity index (χ3v) is 3.42. The van der Waals surface area contributed by atoms with Gasteiger partial charge in [-0.05, 0) is 24.3 Å². The third kappa shape index (κ3) is 1.21. The summed E-state index contributed by atoms with van der Waals surface area (Å²) < 4.78 is 0. The monoisotopic (exact) mass is 220 g/mol. The molecule has 1 N–H and O–H groups in total. The second kappa shape index (κ2) is 3.14. The highest BCUT2D eigenvalue weighted by molar-refractivity contribution is 5.91. The van der Waals surface area contributed by atoms with Gasteiger partial charge in [-0.3, -0.25) is 0 Å². The molecule has 2 aliphatic rings. The van der Waals surface area contributed by atoms with E-state index in [9.17, 15) is 0 Å². The fourth-order valence-electron chi connectivity index (χ4n) is 2.59. The van der Waals surface area contributed by atoms with E-state index in [2.05, 4.69) is 64.7 Å². The Morgan fingerprint density at radius 3 is 3.06 bits per heavy atom. The van der Waals surface area contributed by atoms with Crippen LogP contribution in [0.3, 0.4) is 0 Å². The zero-order valence-electron chi connectivity index (χ0n) is 9.35. The first-order valence-corrected chi connectivity index (χ1v) is 5.84. The maximum absolute atomic E-state index is 3.50. The second-order valence-electron chi connectivity index (χ2n) is 4.46. The Labute approximate surface area is 99.6 Å². The largest absolute Gasteiger partial charge is 0.356 e. The second-order valence-corrected chi connectivity index (χ2v) is 4.46. The molecule has 0 radical (unpaired) electrons. The van der Waals surface area contributed by atoms with E-state index in [-0.39, 0.29) is 0 Å². The summed E-state index contributed by atoms with van der Waals surface area (Å²) in [5.74, 6) is 0. The standard InChI is InChI=1S/C15H12N2/c1-2-7-14-12(6-1)13-9-11-5-3-4-8-17(11)10-15(13)16-14/h1-9,16H,10H2. The number of aromatic nitrogens is 1. The molecule has 1 aromatic heterocycles. The summed E-state index contributed by atoms with van der Waals surface area (Å²) in [7, 11) is 0. The van der Waals surface area contributed by atoms with Crippen molar-refractivity contribution in [3.63, 3.8) is 0 Å². The van der Waals surface area contributed by atoms with Crippen LogP contribution in [-0.4, -0.2) is 9.88 Å². The van der Waals surface area contributed by atoms with Crippen LogP contribution in [0.4, 0.5) is 0 Å². The number of allylic oxidation sites excluding steroid dienone is 3. The van der Waals surface area contributed by atoms with E-state index in [0.717, 1.165) is 6.54 Å². The number of rotatable bonds is 0. The van der Waals surface area contributed by atoms with E-state index in [0.29, 0.717) is 0 Å². The topological polar surface area (TPSA) is 19.0 Å². The molecule has 2 aromatic rings. The summed E-state index contributed by atoms with van der Waals surface area (Å²) in [5, 5.41) is 1.32. The molecular weight excluding hydrogens is 208 g/mol. The van der Waals surface area contributed by atoms with Crippen LogP contribution < -0.4 is 0 Å². The summed E-state index contributed by atoms with van der Waals surface area (Å²) in [6.07, 6.45) is 10.7. The van der Waals surface area contributed by atoms with Crippen molar-refractivity contribution in [3.8, 4) is 0 Å². The van der Waals surface area contributed by atoms with Gasteiger partial charge in [-0.15, -0.1) is 0 Å². The maximum Gasteiger partial charge on any atom is 0.0632 e. The molecule has 0 bridgehead atoms. The van der Waals surface area contributed by atoms with Crippen LogP contribution in [0.15, 0.2) is 54.4 Å². The smallest absolute Gasteiger partial charge is 0.0632 e. The van der Waals surface area contributed by atoms with Gasteiger partial charge in [-0.2, -0.15) is 0 Å². The quantitative estimate of drug-likeness (QED) is 0.720. The number of fused-ring (bicyclic) bond motifs is 4. The molecule has 2 heteroatoms. The molecule has 0 spiro atoms. The Bertz CT molecular complexity index is 686. The molecule has 17 heavy (non-hydrogen) atoms. The van der Waals surface area contributed by atoms with Crippen LogP contribution in [0.25, 0.3) is 17.0 Å². The van der Waals surface area contributed by atoms with E-state index in [1.54, 1.807) is 0 Å². The van der Waals surface area contributed by atoms with E-state index in [1.165, 1.54) is 27.9 Å². The first kappa shape index (κ1) is 8.88. The SMILES string of the molecule is C1=CC2=Cc3c([nH]c4ccccc34)CN2C=C1. The highest BCUT2D eigenvalue weighted by Gasteiger charge is 2.19. The van der Waals surface area contributed by atoms with Crippen LogP contribution in [0, 0.1) is 0 Å². The van der Waals surface area contributed by atoms with Gasteiger partial charge in [-0.25, -0.2) is 0 Å². The summed E-state index contributed by atoms with van der Waals surface area (Å²) in [6.45, 7) is 0.927. The maximum atomic E-state index is 3.50. The van der Waals surface area contributed by atoms with E-state index in [4.69, 9.17) is 0 Å². The number of nitrogens with one attached hydrogen (secondary N) is 1. The lowest BCUT2D eigenvalue weighted by molar-refractivity contribution is 0.461. The molecule has 0 aliphatic carbocycles. The average Bonchev–Trinajstić information content (AvgIpc) is 2.73. The van der Waals surface area contributed by atoms with Gasteiger partial charge in [0.1, 0.15) is 0 Å². The van der Waals surface area contributed by atoms with Gasteiger partial charge in [-0.1, -0.05) is 24.3 Å². The molecule has 0 saturated carbocycles. The predicted octanol–water partition coefficient (Wildman–Crippen LogP) is 3.41. The molecule has 2 aliphatic heterocycles. The minimum Gasteiger partial charge on any atom is -0.356 e. The first-order chi connectivity index (χ1) is 8.42. The number of benzene rings is 1. The molecule has 82 valence electrons. The van der Waals surface area contributed by atoms with Gasteiger partial charge in [0.15, 0.2) is 0 Å². The van der Waals surface area contributed by atoms with Crippen LogP contribution in [0.1, 0.15) is 11.3 Å². The molecule has 0 atom stereocenters. The highest BCUT2D eigenvalue weighted by Crippen LogP contribution is 2.32. The Hall–Kier alpha value is -2.22. The van der Waals surface area contributed by atoms with E-state index >= 15 is 0 Å². The molecule has 0 saturated heterocycles. The van der Waals surface area contributed by atoms with Gasteiger partial charge < -0.3 is 9.88 Å². The van der Waals surface area contributed by atoms with Gasteiger partial charge in [0.25, 0.3) is 0 Å². The minimum absolute atomic E-state index is 0.927. The Kier molecular flexibility index (Phi) is 1.64. The molecule has 3 heterocycles. The van der Waals surface area contributed by atoms with Crippen molar-refractivity contribution in [2.24, 2.45) is 0 Å². The van der Waals surface area contributed by atoms with Crippen molar-refractivity contribution in [3.05, 3.63) is 65.6 Å². The van der Waals surface area contributed by atoms with E-state index < -0.39 is 0 Å². The van der Waals surface area contributed by atoms with Crippen molar-refractivity contribution in [2.75, 3.05) is 0 Å². The van der Waals surface area contributed by atoms with Crippen LogP contribution in [-0.2, 0) is 6.54 Å². The van der Waals surface area contributed by atoms with Gasteiger partial charge in [0, 0.05) is 34.1 Å². The van der Waals surface area contributed by atoms with Gasteiger partial charge in [0.2, 0.25) is 0 Å². The number of nitrogens with zero attached hydrogens (tertiary/aromatic N) is 1. The fraction of sp³-hybridized carbons (Fsp3) is 0.0667. The summed E-state index contributed by atoms with van der Waals surface area (Å²) >= 11 is 0. The van der Waals surface area contributed by atoms with Crippen molar-refractivity contribution >= 4 is 17.0 Å². The van der Waals surface area contributed by atoms with Gasteiger partial charge in [0.05, 0.1) is 6.54 Å². The van der Waals surface area contributed by atoms with Crippen molar-refractivity contribution in [2.45, 2.75) is 6.54 Å². The molecule has 0 amide bonds. The lowest BCUT2D eigenvalue weighted by Crippen LogP contribution is -2.20. The van der Waals surface area contributed by atoms with Crippen LogP contribution in [0.5, 0.6) is 0 Å². The highest BCUT2D eigenvalue weighted by atomic mass is 15.1. The van der Waals surface area contributed by atoms with Crippen LogP contribution in [0.2, 0.25) is 0 Å². The third-order valence-electron chi connectivity index (χ3n) is 3.42. The number of H-pyrrole nitrogens is 1. The summed E-state index contributed by atoms with van der Waals surface area (Å²) in [6, 6.07) is 8.49. The Morgan fingerprint density at radius 1 is 1.12 bits per heavy atom. The number of aromatic amines is 1. The lowest BCUT2D eigenvalue weighted by atomic mass is 10.0. The molecular formula is C15H12N2. The molecule has 0 unspecified atom stereocenters. The molecule has 1 aromatic carbocycles. The predicted molar refractivity (Wildman–Crippen MR) is 70.1 cm³/mol. The zero-order valence-corrected chi connectivity index (χ0v) is 9.35.